The number of rotatable bonds is 6. The predicted molar refractivity (Wildman–Crippen MR) is 122 cm³/mol. The highest BCUT2D eigenvalue weighted by Crippen LogP contribution is 2.15. The maximum Gasteiger partial charge on any atom is 0.319 e. The van der Waals surface area contributed by atoms with Gasteiger partial charge in [-0.2, -0.15) is 0 Å². The molecule has 0 aliphatic carbocycles. The summed E-state index contributed by atoms with van der Waals surface area (Å²) in [7, 11) is 0. The number of amides is 3. The summed E-state index contributed by atoms with van der Waals surface area (Å²) in [5.41, 5.74) is 0.608. The molecule has 170 valence electrons. The number of morpholine rings is 1. The lowest BCUT2D eigenvalue weighted by atomic mass is 10.2. The van der Waals surface area contributed by atoms with Crippen molar-refractivity contribution in [2.45, 2.75) is 6.42 Å². The quantitative estimate of drug-likeness (QED) is 0.697. The third-order valence-electron chi connectivity index (χ3n) is 5.57. The van der Waals surface area contributed by atoms with Crippen LogP contribution in [-0.2, 0) is 9.53 Å². The van der Waals surface area contributed by atoms with E-state index in [1.807, 2.05) is 35.2 Å². The topological polar surface area (TPSA) is 103 Å². The first-order valence-electron chi connectivity index (χ1n) is 11.0. The van der Waals surface area contributed by atoms with Gasteiger partial charge in [-0.05, 0) is 24.3 Å². The highest BCUT2D eigenvalue weighted by molar-refractivity contribution is 5.89. The number of anilines is 3. The Kier molecular flexibility index (Phi) is 7.34. The fourth-order valence-corrected chi connectivity index (χ4v) is 3.78. The number of piperazine rings is 1. The minimum atomic E-state index is -0.348. The summed E-state index contributed by atoms with van der Waals surface area (Å²) in [6.07, 6.45) is 3.68. The lowest BCUT2D eigenvalue weighted by Gasteiger charge is -2.35. The summed E-state index contributed by atoms with van der Waals surface area (Å²) < 4.78 is 5.35. The molecule has 2 aliphatic rings. The van der Waals surface area contributed by atoms with E-state index in [0.717, 1.165) is 37.8 Å². The average Bonchev–Trinajstić information content (AvgIpc) is 2.85. The Morgan fingerprint density at radius 3 is 2.34 bits per heavy atom. The fourth-order valence-electron chi connectivity index (χ4n) is 3.78. The first-order chi connectivity index (χ1) is 15.7. The number of ether oxygens (including phenoxy) is 1. The number of pyridine rings is 2. The highest BCUT2D eigenvalue weighted by atomic mass is 16.5. The van der Waals surface area contributed by atoms with Crippen LogP contribution in [-0.4, -0.2) is 85.8 Å². The number of urea groups is 1. The normalized spacial score (nSPS) is 16.6. The summed E-state index contributed by atoms with van der Waals surface area (Å²) in [4.78, 5) is 39.5. The van der Waals surface area contributed by atoms with Crippen LogP contribution in [0.2, 0.25) is 0 Å². The van der Waals surface area contributed by atoms with Gasteiger partial charge in [0.25, 0.3) is 0 Å². The number of nitrogens with zero attached hydrogens (tertiary/aromatic N) is 5. The molecule has 0 bridgehead atoms. The van der Waals surface area contributed by atoms with E-state index in [4.69, 9.17) is 4.74 Å². The van der Waals surface area contributed by atoms with Gasteiger partial charge in [-0.3, -0.25) is 4.79 Å². The Hall–Kier alpha value is -3.40. The van der Waals surface area contributed by atoms with Gasteiger partial charge in [-0.1, -0.05) is 6.07 Å². The molecule has 2 aromatic heterocycles. The Balaban J connectivity index is 1.14. The zero-order chi connectivity index (χ0) is 22.2. The van der Waals surface area contributed by atoms with Gasteiger partial charge in [0.2, 0.25) is 5.91 Å². The van der Waals surface area contributed by atoms with Gasteiger partial charge in [0.15, 0.2) is 0 Å². The van der Waals surface area contributed by atoms with Gasteiger partial charge in [0.05, 0.1) is 25.1 Å². The minimum Gasteiger partial charge on any atom is -0.378 e. The molecule has 2 N–H and O–H groups in total. The Bertz CT molecular complexity index is 880. The molecule has 2 aromatic rings. The Morgan fingerprint density at radius 2 is 1.66 bits per heavy atom. The van der Waals surface area contributed by atoms with Gasteiger partial charge >= 0.3 is 6.03 Å². The van der Waals surface area contributed by atoms with E-state index in [0.29, 0.717) is 32.0 Å². The molecule has 0 atom stereocenters. The summed E-state index contributed by atoms with van der Waals surface area (Å²) in [6.45, 7) is 6.12. The maximum absolute atomic E-state index is 12.5. The van der Waals surface area contributed by atoms with Crippen molar-refractivity contribution in [3.63, 3.8) is 0 Å². The first kappa shape index (κ1) is 21.8. The van der Waals surface area contributed by atoms with Crippen LogP contribution in [0.1, 0.15) is 6.42 Å². The molecular formula is C22H29N7O3. The molecule has 2 fully saturated rings. The lowest BCUT2D eigenvalue weighted by Crippen LogP contribution is -2.49. The third-order valence-corrected chi connectivity index (χ3v) is 5.57. The summed E-state index contributed by atoms with van der Waals surface area (Å²) in [6, 6.07) is 9.19. The number of carbonyl (C=O) groups is 2. The second-order valence-electron chi connectivity index (χ2n) is 7.69. The van der Waals surface area contributed by atoms with Crippen LogP contribution in [0.4, 0.5) is 22.1 Å². The molecule has 3 amide bonds. The van der Waals surface area contributed by atoms with Crippen LogP contribution in [0.15, 0.2) is 42.7 Å². The van der Waals surface area contributed by atoms with Crippen molar-refractivity contribution in [3.05, 3.63) is 42.7 Å². The van der Waals surface area contributed by atoms with Crippen molar-refractivity contribution in [1.82, 2.24) is 20.2 Å². The van der Waals surface area contributed by atoms with Crippen LogP contribution in [0, 0.1) is 0 Å². The van der Waals surface area contributed by atoms with Crippen LogP contribution in [0.5, 0.6) is 0 Å². The smallest absolute Gasteiger partial charge is 0.319 e. The molecule has 10 nitrogen and oxygen atoms in total. The second kappa shape index (κ2) is 10.8. The van der Waals surface area contributed by atoms with E-state index in [9.17, 15) is 9.59 Å². The molecule has 0 spiro atoms. The molecule has 10 heteroatoms. The zero-order valence-electron chi connectivity index (χ0n) is 18.1. The van der Waals surface area contributed by atoms with Crippen molar-refractivity contribution < 1.29 is 14.3 Å². The van der Waals surface area contributed by atoms with Crippen molar-refractivity contribution in [2.75, 3.05) is 74.1 Å². The zero-order valence-corrected chi connectivity index (χ0v) is 18.1. The van der Waals surface area contributed by atoms with E-state index in [1.54, 1.807) is 12.4 Å². The predicted octanol–water partition coefficient (Wildman–Crippen LogP) is 1.17. The number of hydrogen-bond donors (Lipinski definition) is 2. The largest absolute Gasteiger partial charge is 0.378 e. The van der Waals surface area contributed by atoms with Crippen LogP contribution < -0.4 is 20.4 Å². The molecule has 0 aromatic carbocycles. The molecule has 32 heavy (non-hydrogen) atoms. The number of aromatic nitrogens is 2. The molecule has 4 heterocycles. The van der Waals surface area contributed by atoms with E-state index in [1.165, 1.54) is 0 Å². The SMILES string of the molecule is O=C(NCCC(=O)N1CCN(c2ccccn2)CC1)Nc1ccc(N2CCOCC2)nc1. The van der Waals surface area contributed by atoms with Gasteiger partial charge in [0.1, 0.15) is 11.6 Å². The summed E-state index contributed by atoms with van der Waals surface area (Å²) >= 11 is 0. The molecule has 0 radical (unpaired) electrons. The minimum absolute atomic E-state index is 0.0440. The van der Waals surface area contributed by atoms with Crippen molar-refractivity contribution in [1.29, 1.82) is 0 Å². The van der Waals surface area contributed by atoms with Crippen molar-refractivity contribution in [3.8, 4) is 0 Å². The standard InChI is InChI=1S/C22H29N7O3/c30-21(29-11-9-27(10-12-29)19-3-1-2-7-23-19)6-8-24-22(31)26-18-4-5-20(25-17-18)28-13-15-32-16-14-28/h1-5,7,17H,6,8-16H2,(H2,24,26,31). The molecule has 2 saturated heterocycles. The van der Waals surface area contributed by atoms with E-state index >= 15 is 0 Å². The molecule has 0 saturated carbocycles. The monoisotopic (exact) mass is 439 g/mol. The van der Waals surface area contributed by atoms with Crippen molar-refractivity contribution in [2.24, 2.45) is 0 Å². The highest BCUT2D eigenvalue weighted by Gasteiger charge is 2.21. The molecule has 4 rings (SSSR count). The van der Waals surface area contributed by atoms with Crippen molar-refractivity contribution >= 4 is 29.3 Å². The molecule has 0 unspecified atom stereocenters. The van der Waals surface area contributed by atoms with Crippen LogP contribution >= 0.6 is 0 Å². The molecular weight excluding hydrogens is 410 g/mol. The van der Waals surface area contributed by atoms with E-state index in [2.05, 4.69) is 30.4 Å². The third kappa shape index (κ3) is 5.85. The van der Waals surface area contributed by atoms with Crippen LogP contribution in [0.25, 0.3) is 0 Å². The number of carbonyl (C=O) groups excluding carboxylic acids is 2. The van der Waals surface area contributed by atoms with Crippen LogP contribution in [0.3, 0.4) is 0 Å². The van der Waals surface area contributed by atoms with Gasteiger partial charge in [-0.25, -0.2) is 14.8 Å². The second-order valence-corrected chi connectivity index (χ2v) is 7.69. The lowest BCUT2D eigenvalue weighted by molar-refractivity contribution is -0.131. The van der Waals surface area contributed by atoms with Gasteiger partial charge in [-0.15, -0.1) is 0 Å². The van der Waals surface area contributed by atoms with E-state index in [-0.39, 0.29) is 24.9 Å². The number of nitrogens with one attached hydrogen (secondary N) is 2. The first-order valence-corrected chi connectivity index (χ1v) is 11.0. The molecule has 2 aliphatic heterocycles. The number of hydrogen-bond acceptors (Lipinski definition) is 7. The summed E-state index contributed by atoms with van der Waals surface area (Å²) in [5, 5.41) is 5.50. The van der Waals surface area contributed by atoms with Gasteiger partial charge < -0.3 is 30.1 Å². The summed E-state index contributed by atoms with van der Waals surface area (Å²) in [5.74, 6) is 1.85. The fraction of sp³-hybridized carbons (Fsp3) is 0.455. The van der Waals surface area contributed by atoms with Gasteiger partial charge in [0, 0.05) is 58.4 Å². The van der Waals surface area contributed by atoms with E-state index < -0.39 is 0 Å². The Morgan fingerprint density at radius 1 is 0.906 bits per heavy atom. The average molecular weight is 440 g/mol. The maximum atomic E-state index is 12.5. The Labute approximate surface area is 187 Å².